The fourth-order valence-electron chi connectivity index (χ4n) is 6.21. The van der Waals surface area contributed by atoms with Crippen molar-refractivity contribution >= 4 is 28.9 Å². The average molecular weight is 625 g/mol. The largest absolute Gasteiger partial charge is 0.495 e. The van der Waals surface area contributed by atoms with Gasteiger partial charge in [0, 0.05) is 44.1 Å². The highest BCUT2D eigenvalue weighted by Crippen LogP contribution is 2.32. The van der Waals surface area contributed by atoms with Crippen LogP contribution in [0.3, 0.4) is 0 Å². The third-order valence-corrected chi connectivity index (χ3v) is 8.62. The van der Waals surface area contributed by atoms with Crippen LogP contribution in [-0.2, 0) is 11.2 Å². The first kappa shape index (κ1) is 31.4. The molecule has 6 rings (SSSR count). The zero-order valence-corrected chi connectivity index (χ0v) is 26.6. The van der Waals surface area contributed by atoms with Gasteiger partial charge in [-0.25, -0.2) is 0 Å². The van der Waals surface area contributed by atoms with Gasteiger partial charge >= 0.3 is 0 Å². The van der Waals surface area contributed by atoms with E-state index in [-0.39, 0.29) is 11.8 Å². The molecule has 0 unspecified atom stereocenters. The number of carbonyl (C=O) groups is 2. The number of anilines is 3. The Morgan fingerprint density at radius 2 is 1.23 bits per heavy atom. The molecule has 7 nitrogen and oxygen atoms in total. The summed E-state index contributed by atoms with van der Waals surface area (Å²) >= 11 is 0. The third kappa shape index (κ3) is 7.64. The highest BCUT2D eigenvalue weighted by atomic mass is 16.5. The summed E-state index contributed by atoms with van der Waals surface area (Å²) < 4.78 is 5.61. The number of hydrogen-bond acceptors (Lipinski definition) is 5. The third-order valence-electron chi connectivity index (χ3n) is 8.62. The van der Waals surface area contributed by atoms with Gasteiger partial charge in [-0.05, 0) is 53.4 Å². The summed E-state index contributed by atoms with van der Waals surface area (Å²) in [6.45, 7) is 3.54. The molecule has 0 aromatic heterocycles. The molecule has 1 saturated heterocycles. The molecule has 0 spiro atoms. The van der Waals surface area contributed by atoms with Gasteiger partial charge in [0.2, 0.25) is 5.91 Å². The van der Waals surface area contributed by atoms with Crippen LogP contribution in [0.1, 0.15) is 33.0 Å². The molecule has 0 aliphatic carbocycles. The zero-order valence-electron chi connectivity index (χ0n) is 26.6. The maximum absolute atomic E-state index is 13.9. The van der Waals surface area contributed by atoms with Crippen molar-refractivity contribution in [1.82, 2.24) is 5.32 Å². The van der Waals surface area contributed by atoms with Crippen molar-refractivity contribution in [1.29, 1.82) is 0 Å². The Morgan fingerprint density at radius 3 is 1.85 bits per heavy atom. The summed E-state index contributed by atoms with van der Waals surface area (Å²) in [5.74, 6) is 0.0324. The molecule has 1 aliphatic rings. The number of ether oxygens (including phenoxy) is 1. The van der Waals surface area contributed by atoms with E-state index in [0.29, 0.717) is 17.8 Å². The molecule has 5 aromatic rings. The van der Waals surface area contributed by atoms with Crippen molar-refractivity contribution in [2.24, 2.45) is 0 Å². The topological polar surface area (TPSA) is 73.9 Å². The highest BCUT2D eigenvalue weighted by molar-refractivity contribution is 6.03. The molecule has 0 radical (unpaired) electrons. The molecule has 47 heavy (non-hydrogen) atoms. The quantitative estimate of drug-likeness (QED) is 0.170. The number of methoxy groups -OCH3 is 1. The number of hydrogen-bond donors (Lipinski definition) is 2. The molecule has 1 aliphatic heterocycles. The molecule has 0 saturated carbocycles. The standard InChI is InChI=1S/C40H40N4O3/c1-47-37-20-12-11-19-36(37)44-27-25-43(26-28-44)35-22-21-33(29-34(35)39(45)41-24-23-30-13-5-2-6-14-30)42-40(46)38(31-15-7-3-8-16-31)32-17-9-4-10-18-32/h2-22,29,38H,23-28H2,1H3,(H,41,45)(H,42,46). The first-order valence-corrected chi connectivity index (χ1v) is 16.1. The van der Waals surface area contributed by atoms with Gasteiger partial charge in [0.25, 0.3) is 5.91 Å². The number of nitrogens with one attached hydrogen (secondary N) is 2. The second-order valence-electron chi connectivity index (χ2n) is 11.6. The van der Waals surface area contributed by atoms with Gasteiger partial charge in [-0.1, -0.05) is 103 Å². The number of piperazine rings is 1. The van der Waals surface area contributed by atoms with E-state index in [4.69, 9.17) is 4.74 Å². The van der Waals surface area contributed by atoms with Gasteiger partial charge in [0.05, 0.1) is 24.3 Å². The Kier molecular flexibility index (Phi) is 10.1. The molecule has 1 fully saturated rings. The van der Waals surface area contributed by atoms with Crippen LogP contribution in [0.4, 0.5) is 17.1 Å². The van der Waals surface area contributed by atoms with Gasteiger partial charge in [0.15, 0.2) is 0 Å². The van der Waals surface area contributed by atoms with Crippen molar-refractivity contribution in [2.45, 2.75) is 12.3 Å². The number of para-hydroxylation sites is 2. The minimum Gasteiger partial charge on any atom is -0.495 e. The summed E-state index contributed by atoms with van der Waals surface area (Å²) in [4.78, 5) is 32.3. The molecule has 7 heteroatoms. The minimum absolute atomic E-state index is 0.156. The van der Waals surface area contributed by atoms with Crippen molar-refractivity contribution in [3.8, 4) is 5.75 Å². The van der Waals surface area contributed by atoms with E-state index in [2.05, 4.69) is 38.6 Å². The lowest BCUT2D eigenvalue weighted by molar-refractivity contribution is -0.116. The highest BCUT2D eigenvalue weighted by Gasteiger charge is 2.26. The van der Waals surface area contributed by atoms with Crippen molar-refractivity contribution in [3.05, 3.63) is 156 Å². The first-order chi connectivity index (χ1) is 23.1. The van der Waals surface area contributed by atoms with Crippen LogP contribution < -0.4 is 25.2 Å². The molecule has 238 valence electrons. The maximum Gasteiger partial charge on any atom is 0.253 e. The second kappa shape index (κ2) is 15.1. The van der Waals surface area contributed by atoms with Gasteiger partial charge in [-0.2, -0.15) is 0 Å². The lowest BCUT2D eigenvalue weighted by Gasteiger charge is -2.38. The van der Waals surface area contributed by atoms with E-state index in [1.54, 1.807) is 7.11 Å². The van der Waals surface area contributed by atoms with Crippen LogP contribution in [0.5, 0.6) is 5.75 Å². The average Bonchev–Trinajstić information content (AvgIpc) is 3.13. The number of nitrogens with zero attached hydrogens (tertiary/aromatic N) is 2. The van der Waals surface area contributed by atoms with Gasteiger partial charge in [-0.15, -0.1) is 0 Å². The van der Waals surface area contributed by atoms with Crippen molar-refractivity contribution < 1.29 is 14.3 Å². The van der Waals surface area contributed by atoms with Gasteiger partial charge < -0.3 is 25.2 Å². The predicted molar refractivity (Wildman–Crippen MR) is 190 cm³/mol. The summed E-state index contributed by atoms with van der Waals surface area (Å²) in [7, 11) is 1.69. The summed E-state index contributed by atoms with van der Waals surface area (Å²) in [5.41, 5.74) is 6.00. The summed E-state index contributed by atoms with van der Waals surface area (Å²) in [6.07, 6.45) is 0.728. The van der Waals surface area contributed by atoms with E-state index in [9.17, 15) is 9.59 Å². The lowest BCUT2D eigenvalue weighted by Crippen LogP contribution is -2.47. The Labute approximate surface area is 276 Å². The molecule has 2 N–H and O–H groups in total. The molecule has 0 bridgehead atoms. The summed E-state index contributed by atoms with van der Waals surface area (Å²) in [6, 6.07) is 43.4. The van der Waals surface area contributed by atoms with E-state index in [1.165, 1.54) is 0 Å². The van der Waals surface area contributed by atoms with E-state index in [0.717, 1.165) is 66.4 Å². The Morgan fingerprint density at radius 1 is 0.681 bits per heavy atom. The predicted octanol–water partition coefficient (Wildman–Crippen LogP) is 6.76. The number of amides is 2. The maximum atomic E-state index is 13.9. The number of benzene rings is 5. The Balaban J connectivity index is 1.24. The number of carbonyl (C=O) groups excluding carboxylic acids is 2. The SMILES string of the molecule is COc1ccccc1N1CCN(c2ccc(NC(=O)C(c3ccccc3)c3ccccc3)cc2C(=O)NCCc2ccccc2)CC1. The van der Waals surface area contributed by atoms with Crippen LogP contribution in [0.2, 0.25) is 0 Å². The first-order valence-electron chi connectivity index (χ1n) is 16.1. The van der Waals surface area contributed by atoms with Gasteiger partial charge in [-0.3, -0.25) is 9.59 Å². The lowest BCUT2D eigenvalue weighted by atomic mass is 9.90. The molecular weight excluding hydrogens is 584 g/mol. The van der Waals surface area contributed by atoms with Crippen molar-refractivity contribution in [2.75, 3.05) is 55.0 Å². The van der Waals surface area contributed by atoms with Crippen LogP contribution in [0.15, 0.2) is 133 Å². The van der Waals surface area contributed by atoms with Gasteiger partial charge in [0.1, 0.15) is 5.75 Å². The molecule has 5 aromatic carbocycles. The molecular formula is C40H40N4O3. The normalized spacial score (nSPS) is 12.9. The van der Waals surface area contributed by atoms with E-state index in [1.807, 2.05) is 115 Å². The fraction of sp³-hybridized carbons (Fsp3) is 0.200. The Hall–Kier alpha value is -5.56. The summed E-state index contributed by atoms with van der Waals surface area (Å²) in [5, 5.41) is 6.25. The zero-order chi connectivity index (χ0) is 32.4. The fourth-order valence-corrected chi connectivity index (χ4v) is 6.21. The van der Waals surface area contributed by atoms with Crippen LogP contribution in [0, 0.1) is 0 Å². The van der Waals surface area contributed by atoms with Crippen LogP contribution in [-0.4, -0.2) is 51.6 Å². The van der Waals surface area contributed by atoms with Crippen LogP contribution in [0.25, 0.3) is 0 Å². The van der Waals surface area contributed by atoms with E-state index >= 15 is 0 Å². The minimum atomic E-state index is -0.497. The smallest absolute Gasteiger partial charge is 0.253 e. The number of rotatable bonds is 11. The van der Waals surface area contributed by atoms with E-state index < -0.39 is 5.92 Å². The van der Waals surface area contributed by atoms with Crippen molar-refractivity contribution in [3.63, 3.8) is 0 Å². The second-order valence-corrected chi connectivity index (χ2v) is 11.6. The Bertz CT molecular complexity index is 1730. The molecule has 2 amide bonds. The molecule has 0 atom stereocenters. The monoisotopic (exact) mass is 624 g/mol. The van der Waals surface area contributed by atoms with Crippen LogP contribution >= 0.6 is 0 Å². The molecule has 1 heterocycles.